The molecule has 4 fully saturated rings. The largest absolute Gasteiger partial charge is 0.462 e. The molecule has 23 heavy (non-hydrogen) atoms. The van der Waals surface area contributed by atoms with E-state index in [1.807, 2.05) is 6.07 Å². The maximum Gasteiger partial charge on any atom is 0.462 e. The van der Waals surface area contributed by atoms with E-state index in [1.165, 1.54) is 18.4 Å². The lowest BCUT2D eigenvalue weighted by Gasteiger charge is -2.68. The lowest BCUT2D eigenvalue weighted by molar-refractivity contribution is -0.165. The van der Waals surface area contributed by atoms with Crippen LogP contribution in [0, 0.1) is 11.3 Å². The topological polar surface area (TPSA) is 27.7 Å². The molecule has 5 rings (SSSR count). The van der Waals surface area contributed by atoms with Crippen LogP contribution in [0.15, 0.2) is 30.3 Å². The molecular formula is C19H27BO3. The summed E-state index contributed by atoms with van der Waals surface area (Å²) in [5.74, 6) is 1.28. The van der Waals surface area contributed by atoms with Gasteiger partial charge in [0.2, 0.25) is 0 Å². The molecule has 3 saturated carbocycles. The van der Waals surface area contributed by atoms with Gasteiger partial charge in [-0.3, -0.25) is 0 Å². The minimum absolute atomic E-state index is 0.0622. The smallest absolute Gasteiger partial charge is 0.403 e. The van der Waals surface area contributed by atoms with Crippen LogP contribution in [-0.2, 0) is 20.7 Å². The molecule has 124 valence electrons. The lowest BCUT2D eigenvalue weighted by Crippen LogP contribution is -2.65. The van der Waals surface area contributed by atoms with Crippen molar-refractivity contribution in [2.75, 3.05) is 6.61 Å². The predicted molar refractivity (Wildman–Crippen MR) is 91.1 cm³/mol. The number of hydrogen-bond acceptors (Lipinski definition) is 3. The quantitative estimate of drug-likeness (QED) is 0.767. The van der Waals surface area contributed by atoms with Gasteiger partial charge < -0.3 is 14.0 Å². The third-order valence-corrected chi connectivity index (χ3v) is 6.62. The SMILES string of the molecule is CC1(C)OB(C2C3CC2(COCc2ccccc2)C3)OC1(C)C. The first-order valence-corrected chi connectivity index (χ1v) is 8.80. The van der Waals surface area contributed by atoms with Crippen LogP contribution in [0.1, 0.15) is 46.1 Å². The highest BCUT2D eigenvalue weighted by atomic mass is 16.7. The fourth-order valence-electron chi connectivity index (χ4n) is 4.40. The zero-order valence-electron chi connectivity index (χ0n) is 14.7. The van der Waals surface area contributed by atoms with Crippen LogP contribution in [0.4, 0.5) is 0 Å². The van der Waals surface area contributed by atoms with Crippen molar-refractivity contribution in [3.63, 3.8) is 0 Å². The van der Waals surface area contributed by atoms with E-state index in [0.29, 0.717) is 17.8 Å². The van der Waals surface area contributed by atoms with Crippen LogP contribution in [0.5, 0.6) is 0 Å². The van der Waals surface area contributed by atoms with Gasteiger partial charge in [-0.1, -0.05) is 30.3 Å². The van der Waals surface area contributed by atoms with Gasteiger partial charge in [-0.2, -0.15) is 0 Å². The van der Waals surface area contributed by atoms with Crippen molar-refractivity contribution in [3.05, 3.63) is 35.9 Å². The first-order valence-electron chi connectivity index (χ1n) is 8.80. The van der Waals surface area contributed by atoms with Crippen LogP contribution < -0.4 is 0 Å². The van der Waals surface area contributed by atoms with Crippen molar-refractivity contribution in [2.24, 2.45) is 11.3 Å². The Morgan fingerprint density at radius 1 is 1.04 bits per heavy atom. The van der Waals surface area contributed by atoms with Gasteiger partial charge >= 0.3 is 7.12 Å². The van der Waals surface area contributed by atoms with Crippen LogP contribution in [0.25, 0.3) is 0 Å². The second kappa shape index (κ2) is 5.08. The summed E-state index contributed by atoms with van der Waals surface area (Å²) >= 11 is 0. The summed E-state index contributed by atoms with van der Waals surface area (Å²) in [4.78, 5) is 0. The summed E-state index contributed by atoms with van der Waals surface area (Å²) in [6.45, 7) is 10.1. The number of benzene rings is 1. The zero-order chi connectivity index (χ0) is 16.3. The molecule has 0 spiro atoms. The molecule has 1 saturated heterocycles. The molecule has 3 aliphatic carbocycles. The average Bonchev–Trinajstić information content (AvgIpc) is 2.61. The third kappa shape index (κ3) is 2.38. The molecule has 4 aliphatic rings. The van der Waals surface area contributed by atoms with Crippen LogP contribution in [0.2, 0.25) is 5.82 Å². The van der Waals surface area contributed by atoms with Gasteiger partial charge in [0.25, 0.3) is 0 Å². The van der Waals surface area contributed by atoms with E-state index in [9.17, 15) is 0 Å². The highest BCUT2D eigenvalue weighted by molar-refractivity contribution is 6.48. The van der Waals surface area contributed by atoms with Gasteiger partial charge in [-0.05, 0) is 57.4 Å². The Morgan fingerprint density at radius 2 is 1.65 bits per heavy atom. The number of ether oxygens (including phenoxy) is 1. The highest BCUT2D eigenvalue weighted by Crippen LogP contribution is 2.74. The van der Waals surface area contributed by atoms with Crippen molar-refractivity contribution in [1.82, 2.24) is 0 Å². The second-order valence-corrected chi connectivity index (χ2v) is 8.66. The van der Waals surface area contributed by atoms with E-state index in [0.717, 1.165) is 12.5 Å². The van der Waals surface area contributed by atoms with Gasteiger partial charge in [0.05, 0.1) is 24.4 Å². The second-order valence-electron chi connectivity index (χ2n) is 8.66. The van der Waals surface area contributed by atoms with Crippen molar-refractivity contribution < 1.29 is 14.0 Å². The Hall–Kier alpha value is -0.835. The Kier molecular flexibility index (Phi) is 3.46. The molecule has 1 heterocycles. The van der Waals surface area contributed by atoms with Crippen molar-refractivity contribution in [3.8, 4) is 0 Å². The zero-order valence-corrected chi connectivity index (χ0v) is 14.7. The summed E-state index contributed by atoms with van der Waals surface area (Å²) in [6.07, 6.45) is 2.55. The van der Waals surface area contributed by atoms with E-state index < -0.39 is 0 Å². The molecule has 0 radical (unpaired) electrons. The van der Waals surface area contributed by atoms with Gasteiger partial charge in [0.1, 0.15) is 0 Å². The molecular weight excluding hydrogens is 287 g/mol. The summed E-state index contributed by atoms with van der Waals surface area (Å²) < 4.78 is 18.6. The molecule has 0 amide bonds. The van der Waals surface area contributed by atoms with Crippen molar-refractivity contribution in [2.45, 2.75) is 64.2 Å². The summed E-state index contributed by atoms with van der Waals surface area (Å²) in [5, 5.41) is 0. The van der Waals surface area contributed by atoms with Crippen LogP contribution in [-0.4, -0.2) is 24.9 Å². The Balaban J connectivity index is 1.36. The molecule has 1 aromatic rings. The highest BCUT2D eigenvalue weighted by Gasteiger charge is 2.72. The molecule has 0 aromatic heterocycles. The van der Waals surface area contributed by atoms with Gasteiger partial charge in [0, 0.05) is 5.82 Å². The molecule has 1 atom stereocenters. The number of rotatable bonds is 5. The maximum atomic E-state index is 6.28. The molecule has 1 unspecified atom stereocenters. The fourth-order valence-corrected chi connectivity index (χ4v) is 4.40. The Labute approximate surface area is 139 Å². The minimum Gasteiger partial charge on any atom is -0.403 e. The Morgan fingerprint density at radius 3 is 2.17 bits per heavy atom. The molecule has 1 aromatic carbocycles. The van der Waals surface area contributed by atoms with Crippen LogP contribution >= 0.6 is 0 Å². The van der Waals surface area contributed by atoms with Gasteiger partial charge in [-0.15, -0.1) is 0 Å². The van der Waals surface area contributed by atoms with Gasteiger partial charge in [0.15, 0.2) is 0 Å². The summed E-state index contributed by atoms with van der Waals surface area (Å²) in [6, 6.07) is 10.4. The van der Waals surface area contributed by atoms with E-state index >= 15 is 0 Å². The fraction of sp³-hybridized carbons (Fsp3) is 0.684. The molecule has 2 bridgehead atoms. The average molecular weight is 314 g/mol. The van der Waals surface area contributed by atoms with Gasteiger partial charge in [-0.25, -0.2) is 0 Å². The normalized spacial score (nSPS) is 36.4. The first-order chi connectivity index (χ1) is 10.8. The van der Waals surface area contributed by atoms with E-state index in [4.69, 9.17) is 14.0 Å². The van der Waals surface area contributed by atoms with E-state index in [-0.39, 0.29) is 18.3 Å². The van der Waals surface area contributed by atoms with E-state index in [1.54, 1.807) is 0 Å². The van der Waals surface area contributed by atoms with Crippen molar-refractivity contribution >= 4 is 7.12 Å². The first kappa shape index (κ1) is 15.7. The lowest BCUT2D eigenvalue weighted by atomic mass is 9.29. The number of hydrogen-bond donors (Lipinski definition) is 0. The molecule has 0 N–H and O–H groups in total. The van der Waals surface area contributed by atoms with Crippen LogP contribution in [0.3, 0.4) is 0 Å². The maximum absolute atomic E-state index is 6.28. The van der Waals surface area contributed by atoms with E-state index in [2.05, 4.69) is 52.0 Å². The Bertz CT molecular complexity index is 562. The summed E-state index contributed by atoms with van der Waals surface area (Å²) in [5.41, 5.74) is 1.07. The molecule has 1 aliphatic heterocycles. The minimum atomic E-state index is -0.230. The monoisotopic (exact) mass is 314 g/mol. The predicted octanol–water partition coefficient (Wildman–Crippen LogP) is 4.08. The molecule has 3 nitrogen and oxygen atoms in total. The standard InChI is InChI=1S/C19H27BO3/c1-17(2)18(3,4)23-20(22-17)16-15-10-19(16,11-15)13-21-12-14-8-6-5-7-9-14/h5-9,15-16H,10-13H2,1-4H3. The third-order valence-electron chi connectivity index (χ3n) is 6.62. The summed E-state index contributed by atoms with van der Waals surface area (Å²) in [7, 11) is -0.0622. The molecule has 4 heteroatoms. The van der Waals surface area contributed by atoms with Crippen molar-refractivity contribution in [1.29, 1.82) is 0 Å².